The molecule has 0 aromatic rings. The van der Waals surface area contributed by atoms with Gasteiger partial charge in [0.1, 0.15) is 61.0 Å². The fourth-order valence-corrected chi connectivity index (χ4v) is 14.6. The maximum atomic E-state index is 12.0. The highest BCUT2D eigenvalue weighted by molar-refractivity contribution is 5.15. The first-order valence-electron chi connectivity index (χ1n) is 23.5. The molecule has 0 amide bonds. The lowest BCUT2D eigenvalue weighted by molar-refractivity contribution is -0.389. The predicted molar refractivity (Wildman–Crippen MR) is 213 cm³/mol. The van der Waals surface area contributed by atoms with Gasteiger partial charge in [0.25, 0.3) is 0 Å². The molecule has 4 saturated carbocycles. The van der Waals surface area contributed by atoms with Crippen LogP contribution in [0.1, 0.15) is 106 Å². The van der Waals surface area contributed by atoms with Gasteiger partial charge in [-0.1, -0.05) is 27.7 Å². The van der Waals surface area contributed by atoms with E-state index >= 15 is 0 Å². The molecular formula is C45H74O16. The van der Waals surface area contributed by atoms with Crippen molar-refractivity contribution in [2.45, 2.75) is 216 Å². The largest absolute Gasteiger partial charge is 0.394 e. The highest BCUT2D eigenvalue weighted by Gasteiger charge is 2.69. The Bertz CT molecular complexity index is 1530. The highest BCUT2D eigenvalue weighted by atomic mass is 16.8. The first-order chi connectivity index (χ1) is 28.9. The van der Waals surface area contributed by atoms with Crippen molar-refractivity contribution >= 4 is 0 Å². The molecule has 61 heavy (non-hydrogen) atoms. The van der Waals surface area contributed by atoms with E-state index in [2.05, 4.69) is 27.7 Å². The van der Waals surface area contributed by atoms with E-state index in [4.69, 9.17) is 37.9 Å². The van der Waals surface area contributed by atoms with Gasteiger partial charge in [0.15, 0.2) is 24.7 Å². The lowest BCUT2D eigenvalue weighted by atomic mass is 9.44. The van der Waals surface area contributed by atoms with E-state index in [1.807, 2.05) is 0 Å². The van der Waals surface area contributed by atoms with Crippen molar-refractivity contribution in [1.82, 2.24) is 0 Å². The van der Waals surface area contributed by atoms with E-state index in [1.54, 1.807) is 0 Å². The summed E-state index contributed by atoms with van der Waals surface area (Å²) in [6.07, 6.45) is -11.0. The summed E-state index contributed by atoms with van der Waals surface area (Å²) in [6, 6.07) is 0. The van der Waals surface area contributed by atoms with Gasteiger partial charge < -0.3 is 78.7 Å². The van der Waals surface area contributed by atoms with Crippen LogP contribution >= 0.6 is 0 Å². The second-order valence-electron chi connectivity index (χ2n) is 21.5. The summed E-state index contributed by atoms with van der Waals surface area (Å²) in [6.45, 7) is 12.9. The molecule has 0 aromatic carbocycles. The van der Waals surface area contributed by atoms with Gasteiger partial charge in [0, 0.05) is 12.3 Å². The molecule has 9 fully saturated rings. The van der Waals surface area contributed by atoms with Crippen molar-refractivity contribution in [3.63, 3.8) is 0 Å². The van der Waals surface area contributed by atoms with Gasteiger partial charge in [-0.2, -0.15) is 0 Å². The van der Waals surface area contributed by atoms with Crippen LogP contribution in [0.3, 0.4) is 0 Å². The van der Waals surface area contributed by atoms with E-state index in [1.165, 1.54) is 26.7 Å². The molecule has 1 spiro atoms. The van der Waals surface area contributed by atoms with Crippen molar-refractivity contribution in [3.8, 4) is 0 Å². The Hall–Kier alpha value is -0.640. The molecule has 27 atom stereocenters. The molecule has 4 aliphatic carbocycles. The summed E-state index contributed by atoms with van der Waals surface area (Å²) in [7, 11) is 0. The van der Waals surface area contributed by atoms with Crippen molar-refractivity contribution in [2.24, 2.45) is 52.3 Å². The van der Waals surface area contributed by atoms with Crippen LogP contribution in [0.4, 0.5) is 0 Å². The standard InChI is InChI=1S/C45H74O16/c1-19-9-14-45(54-18-19)20(2)30-28(61-45)16-27-25-8-7-23-15-24(10-12-43(23,5)26(25)11-13-44(27,30)6)57-42-39(60-41-36(52)34(50)32(48)22(4)56-41)37(53)38(29(17-46)58-42)59-40-35(51)33(49)31(47)21(3)55-40/h19-42,46-53H,7-18H2,1-6H3/t19-,20-,21+,22-,23+,24+,25?,26?,27?,28?,29+,30?,31+,32-,33-,34+,35+,36+,37-,38+,39+,40+,41-,42+,43-,44-,45+/m0/s1. The smallest absolute Gasteiger partial charge is 0.187 e. The second-order valence-corrected chi connectivity index (χ2v) is 21.5. The number of aliphatic hydroxyl groups excluding tert-OH is 8. The molecule has 8 N–H and O–H groups in total. The molecule has 5 heterocycles. The Labute approximate surface area is 359 Å². The van der Waals surface area contributed by atoms with Crippen molar-refractivity contribution in [3.05, 3.63) is 0 Å². The zero-order chi connectivity index (χ0) is 43.5. The molecule has 0 radical (unpaired) electrons. The van der Waals surface area contributed by atoms with E-state index in [9.17, 15) is 40.9 Å². The van der Waals surface area contributed by atoms with Crippen LogP contribution in [0, 0.1) is 52.3 Å². The van der Waals surface area contributed by atoms with Crippen LogP contribution in [0.5, 0.6) is 0 Å². The Kier molecular flexibility index (Phi) is 12.6. The third-order valence-corrected chi connectivity index (χ3v) is 18.2. The van der Waals surface area contributed by atoms with Gasteiger partial charge >= 0.3 is 0 Å². The third kappa shape index (κ3) is 7.50. The van der Waals surface area contributed by atoms with Gasteiger partial charge in [-0.3, -0.25) is 0 Å². The van der Waals surface area contributed by atoms with Gasteiger partial charge in [0.05, 0.1) is 37.6 Å². The molecule has 5 unspecified atom stereocenters. The van der Waals surface area contributed by atoms with Gasteiger partial charge in [-0.05, 0) is 118 Å². The average Bonchev–Trinajstić information content (AvgIpc) is 3.69. The minimum absolute atomic E-state index is 0.122. The fraction of sp³-hybridized carbons (Fsp3) is 1.00. The van der Waals surface area contributed by atoms with Crippen LogP contribution in [0.2, 0.25) is 0 Å². The van der Waals surface area contributed by atoms with Crippen molar-refractivity contribution in [2.75, 3.05) is 13.2 Å². The van der Waals surface area contributed by atoms with E-state index in [0.717, 1.165) is 58.0 Å². The minimum atomic E-state index is -1.70. The minimum Gasteiger partial charge on any atom is -0.394 e. The topological polar surface area (TPSA) is 236 Å². The number of fused-ring (bicyclic) bond motifs is 7. The summed E-state index contributed by atoms with van der Waals surface area (Å²) >= 11 is 0. The number of hydrogen-bond acceptors (Lipinski definition) is 16. The number of rotatable bonds is 7. The van der Waals surface area contributed by atoms with E-state index in [0.29, 0.717) is 41.4 Å². The normalized spacial score (nSPS) is 59.7. The Morgan fingerprint density at radius 3 is 1.85 bits per heavy atom. The molecule has 16 heteroatoms. The maximum Gasteiger partial charge on any atom is 0.187 e. The zero-order valence-electron chi connectivity index (χ0n) is 36.7. The molecule has 5 aliphatic heterocycles. The third-order valence-electron chi connectivity index (χ3n) is 18.2. The average molecular weight is 871 g/mol. The Balaban J connectivity index is 0.897. The monoisotopic (exact) mass is 870 g/mol. The van der Waals surface area contributed by atoms with Crippen LogP contribution in [-0.4, -0.2) is 164 Å². The zero-order valence-corrected chi connectivity index (χ0v) is 36.7. The molecule has 5 saturated heterocycles. The molecule has 9 rings (SSSR count). The molecule has 0 bridgehead atoms. The lowest BCUT2D eigenvalue weighted by Crippen LogP contribution is -2.66. The van der Waals surface area contributed by atoms with Crippen LogP contribution in [-0.2, 0) is 37.9 Å². The van der Waals surface area contributed by atoms with Gasteiger partial charge in [-0.15, -0.1) is 0 Å². The lowest BCUT2D eigenvalue weighted by Gasteiger charge is -2.61. The fourth-order valence-electron chi connectivity index (χ4n) is 14.6. The molecule has 0 aromatic heterocycles. The van der Waals surface area contributed by atoms with Gasteiger partial charge in [0.2, 0.25) is 0 Å². The quantitative estimate of drug-likeness (QED) is 0.169. The SMILES string of the molecule is C[C@H]1CC[C@@]2(OC1)OC1CC3C4CC[C@@H]5C[C@H](O[C@@H]6O[C@H](CO)[C@@H](O[C@H]7O[C@H](C)[C@@H](O)[C@H](O)[C@H]7O)[C@H](O)[C@H]6O[C@@H]6O[C@@H](C)[C@H](O)[C@@H](O)[C@H]6O)CC[C@]5(C)C4CC[C@]3(C)C1[C@@H]2C. The van der Waals surface area contributed by atoms with Crippen LogP contribution < -0.4 is 0 Å². The van der Waals surface area contributed by atoms with Gasteiger partial charge in [-0.25, -0.2) is 0 Å². The summed E-state index contributed by atoms with van der Waals surface area (Å²) in [5.41, 5.74) is 0.350. The number of ether oxygens (including phenoxy) is 8. The molecule has 16 nitrogen and oxygen atoms in total. The molecule has 350 valence electrons. The second kappa shape index (κ2) is 16.9. The first-order valence-corrected chi connectivity index (χ1v) is 23.5. The van der Waals surface area contributed by atoms with E-state index < -0.39 is 105 Å². The molecule has 9 aliphatic rings. The Morgan fingerprint density at radius 1 is 0.590 bits per heavy atom. The summed E-state index contributed by atoms with van der Waals surface area (Å²) in [4.78, 5) is 0. The van der Waals surface area contributed by atoms with Crippen LogP contribution in [0.15, 0.2) is 0 Å². The first kappa shape index (κ1) is 45.5. The maximum absolute atomic E-state index is 12.0. The highest BCUT2D eigenvalue weighted by Crippen LogP contribution is 2.71. The summed E-state index contributed by atoms with van der Waals surface area (Å²) < 4.78 is 50.3. The summed E-state index contributed by atoms with van der Waals surface area (Å²) in [5.74, 6) is 3.27. The van der Waals surface area contributed by atoms with E-state index in [-0.39, 0.29) is 23.0 Å². The van der Waals surface area contributed by atoms with Crippen molar-refractivity contribution < 1.29 is 78.7 Å². The van der Waals surface area contributed by atoms with Crippen LogP contribution in [0.25, 0.3) is 0 Å². The predicted octanol–water partition coefficient (Wildman–Crippen LogP) is 1.32. The summed E-state index contributed by atoms with van der Waals surface area (Å²) in [5, 5.41) is 85.9. The van der Waals surface area contributed by atoms with Crippen molar-refractivity contribution in [1.29, 1.82) is 0 Å². The number of hydrogen-bond donors (Lipinski definition) is 8. The Morgan fingerprint density at radius 2 is 1.23 bits per heavy atom. The number of aliphatic hydroxyl groups is 8. The molecular weight excluding hydrogens is 796 g/mol.